The van der Waals surface area contributed by atoms with Crippen LogP contribution in [0.4, 0.5) is 10.5 Å². The van der Waals surface area contributed by atoms with Crippen molar-refractivity contribution in [1.82, 2.24) is 10.2 Å². The minimum Gasteiger partial charge on any atom is -0.324 e. The van der Waals surface area contributed by atoms with Crippen molar-refractivity contribution in [1.29, 1.82) is 0 Å². The summed E-state index contributed by atoms with van der Waals surface area (Å²) >= 11 is 5.89. The second-order valence-electron chi connectivity index (χ2n) is 6.82. The zero-order valence-corrected chi connectivity index (χ0v) is 16.1. The summed E-state index contributed by atoms with van der Waals surface area (Å²) in [7, 11) is 0. The Morgan fingerprint density at radius 1 is 1.15 bits per heavy atom. The highest BCUT2D eigenvalue weighted by molar-refractivity contribution is 6.30. The molecule has 1 heterocycles. The summed E-state index contributed by atoms with van der Waals surface area (Å²) in [6.45, 7) is 5.09. The minimum atomic E-state index is -1.23. The van der Waals surface area contributed by atoms with Gasteiger partial charge in [-0.1, -0.05) is 41.4 Å². The van der Waals surface area contributed by atoms with Gasteiger partial charge in [0, 0.05) is 10.7 Å². The van der Waals surface area contributed by atoms with Gasteiger partial charge in [0.05, 0.1) is 0 Å². The Morgan fingerprint density at radius 3 is 2.44 bits per heavy atom. The number of amides is 4. The van der Waals surface area contributed by atoms with Crippen LogP contribution in [0, 0.1) is 13.8 Å². The quantitative estimate of drug-likeness (QED) is 0.792. The van der Waals surface area contributed by atoms with Crippen LogP contribution < -0.4 is 10.6 Å². The van der Waals surface area contributed by atoms with E-state index >= 15 is 0 Å². The Hall–Kier alpha value is -2.86. The third kappa shape index (κ3) is 3.66. The number of rotatable bonds is 4. The highest BCUT2D eigenvalue weighted by Gasteiger charge is 2.49. The summed E-state index contributed by atoms with van der Waals surface area (Å²) in [4.78, 5) is 38.5. The highest BCUT2D eigenvalue weighted by Crippen LogP contribution is 2.29. The number of carbonyl (C=O) groups excluding carboxylic acids is 3. The molecule has 7 heteroatoms. The van der Waals surface area contributed by atoms with Gasteiger partial charge in [0.2, 0.25) is 5.91 Å². The maximum Gasteiger partial charge on any atom is 0.325 e. The molecule has 2 aromatic carbocycles. The molecule has 0 bridgehead atoms. The second kappa shape index (κ2) is 7.04. The van der Waals surface area contributed by atoms with Crippen molar-refractivity contribution < 1.29 is 14.4 Å². The molecule has 2 N–H and O–H groups in total. The lowest BCUT2D eigenvalue weighted by Gasteiger charge is -2.22. The van der Waals surface area contributed by atoms with Crippen LogP contribution in [0.15, 0.2) is 42.5 Å². The first-order valence-corrected chi connectivity index (χ1v) is 8.86. The standard InChI is InChI=1S/C20H20ClN3O3/c1-12-4-9-16(13(2)10-12)22-17(25)11-24-18(26)20(3,23-19(24)27)14-5-7-15(21)8-6-14/h4-10H,11H2,1-3H3,(H,22,25)(H,23,27)/t20-/m1/s1. The van der Waals surface area contributed by atoms with E-state index in [4.69, 9.17) is 11.6 Å². The average Bonchev–Trinajstić information content (AvgIpc) is 2.82. The van der Waals surface area contributed by atoms with E-state index < -0.39 is 23.4 Å². The van der Waals surface area contributed by atoms with Crippen molar-refractivity contribution in [2.75, 3.05) is 11.9 Å². The van der Waals surface area contributed by atoms with Crippen LogP contribution in [0.25, 0.3) is 0 Å². The molecule has 0 aliphatic carbocycles. The molecule has 1 saturated heterocycles. The molecule has 1 fully saturated rings. The molecule has 1 atom stereocenters. The summed E-state index contributed by atoms with van der Waals surface area (Å²) < 4.78 is 0. The van der Waals surface area contributed by atoms with E-state index in [-0.39, 0.29) is 6.54 Å². The Bertz CT molecular complexity index is 927. The van der Waals surface area contributed by atoms with Gasteiger partial charge in [-0.15, -0.1) is 0 Å². The summed E-state index contributed by atoms with van der Waals surface area (Å²) in [5, 5.41) is 5.95. The molecule has 0 unspecified atom stereocenters. The summed E-state index contributed by atoms with van der Waals surface area (Å²) in [6, 6.07) is 11.7. The number of urea groups is 1. The van der Waals surface area contributed by atoms with Crippen molar-refractivity contribution in [3.05, 3.63) is 64.2 Å². The van der Waals surface area contributed by atoms with Crippen LogP contribution in [-0.2, 0) is 15.1 Å². The van der Waals surface area contributed by atoms with Crippen LogP contribution >= 0.6 is 11.6 Å². The number of anilines is 1. The maximum absolute atomic E-state index is 12.9. The normalized spacial score (nSPS) is 19.2. The highest BCUT2D eigenvalue weighted by atomic mass is 35.5. The Morgan fingerprint density at radius 2 is 1.81 bits per heavy atom. The van der Waals surface area contributed by atoms with Crippen molar-refractivity contribution in [3.63, 3.8) is 0 Å². The van der Waals surface area contributed by atoms with E-state index in [1.54, 1.807) is 37.3 Å². The van der Waals surface area contributed by atoms with Crippen LogP contribution in [0.3, 0.4) is 0 Å². The molecule has 140 valence electrons. The number of nitrogens with zero attached hydrogens (tertiary/aromatic N) is 1. The van der Waals surface area contributed by atoms with Gasteiger partial charge >= 0.3 is 6.03 Å². The van der Waals surface area contributed by atoms with Gasteiger partial charge in [-0.3, -0.25) is 14.5 Å². The molecule has 0 radical (unpaired) electrons. The zero-order valence-electron chi connectivity index (χ0n) is 15.3. The van der Waals surface area contributed by atoms with Crippen LogP contribution in [0.2, 0.25) is 5.02 Å². The van der Waals surface area contributed by atoms with E-state index in [1.165, 1.54) is 0 Å². The van der Waals surface area contributed by atoms with Gasteiger partial charge in [0.1, 0.15) is 12.1 Å². The van der Waals surface area contributed by atoms with Crippen LogP contribution in [0.5, 0.6) is 0 Å². The number of nitrogens with one attached hydrogen (secondary N) is 2. The molecule has 1 aliphatic heterocycles. The molecular formula is C20H20ClN3O3. The molecule has 3 rings (SSSR count). The number of carbonyl (C=O) groups is 3. The maximum atomic E-state index is 12.9. The minimum absolute atomic E-state index is 0.360. The fraction of sp³-hybridized carbons (Fsp3) is 0.250. The van der Waals surface area contributed by atoms with Crippen molar-refractivity contribution >= 4 is 35.1 Å². The van der Waals surface area contributed by atoms with Gasteiger partial charge in [-0.2, -0.15) is 0 Å². The predicted octanol–water partition coefficient (Wildman–Crippen LogP) is 3.36. The van der Waals surface area contributed by atoms with Crippen LogP contribution in [0.1, 0.15) is 23.6 Å². The van der Waals surface area contributed by atoms with Gasteiger partial charge < -0.3 is 10.6 Å². The van der Waals surface area contributed by atoms with Gasteiger partial charge in [0.25, 0.3) is 5.91 Å². The van der Waals surface area contributed by atoms with E-state index in [2.05, 4.69) is 10.6 Å². The third-order valence-corrected chi connectivity index (χ3v) is 4.91. The SMILES string of the molecule is Cc1ccc(NC(=O)CN2C(=O)N[C@](C)(c3ccc(Cl)cc3)C2=O)c(C)c1. The molecule has 0 aromatic heterocycles. The largest absolute Gasteiger partial charge is 0.325 e. The third-order valence-electron chi connectivity index (χ3n) is 4.65. The van der Waals surface area contributed by atoms with Crippen molar-refractivity contribution in [3.8, 4) is 0 Å². The molecule has 6 nitrogen and oxygen atoms in total. The first-order valence-electron chi connectivity index (χ1n) is 8.48. The van der Waals surface area contributed by atoms with E-state index in [9.17, 15) is 14.4 Å². The smallest absolute Gasteiger partial charge is 0.324 e. The van der Waals surface area contributed by atoms with E-state index in [1.807, 2.05) is 26.0 Å². The molecule has 27 heavy (non-hydrogen) atoms. The zero-order chi connectivity index (χ0) is 19.8. The van der Waals surface area contributed by atoms with Gasteiger partial charge in [-0.25, -0.2) is 4.79 Å². The molecular weight excluding hydrogens is 366 g/mol. The number of imide groups is 1. The van der Waals surface area contributed by atoms with Crippen molar-refractivity contribution in [2.24, 2.45) is 0 Å². The predicted molar refractivity (Wildman–Crippen MR) is 104 cm³/mol. The van der Waals surface area contributed by atoms with Crippen molar-refractivity contribution in [2.45, 2.75) is 26.3 Å². The lowest BCUT2D eigenvalue weighted by atomic mass is 9.92. The number of aryl methyl sites for hydroxylation is 2. The molecule has 1 aliphatic rings. The first-order chi connectivity index (χ1) is 12.7. The van der Waals surface area contributed by atoms with Crippen LogP contribution in [-0.4, -0.2) is 29.3 Å². The van der Waals surface area contributed by atoms with E-state index in [0.29, 0.717) is 16.3 Å². The summed E-state index contributed by atoms with van der Waals surface area (Å²) in [5.74, 6) is -0.920. The Kier molecular flexibility index (Phi) is 4.93. The number of hydrogen-bond donors (Lipinski definition) is 2. The topological polar surface area (TPSA) is 78.5 Å². The number of hydrogen-bond acceptors (Lipinski definition) is 3. The number of halogens is 1. The fourth-order valence-corrected chi connectivity index (χ4v) is 3.23. The molecule has 2 aromatic rings. The monoisotopic (exact) mass is 385 g/mol. The molecule has 0 saturated carbocycles. The lowest BCUT2D eigenvalue weighted by molar-refractivity contribution is -0.133. The second-order valence-corrected chi connectivity index (χ2v) is 7.26. The lowest BCUT2D eigenvalue weighted by Crippen LogP contribution is -2.42. The van der Waals surface area contributed by atoms with E-state index in [0.717, 1.165) is 16.0 Å². The molecule has 0 spiro atoms. The average molecular weight is 386 g/mol. The Balaban J connectivity index is 1.75. The Labute approximate surface area is 162 Å². The first kappa shape index (κ1) is 18.9. The molecule has 4 amide bonds. The summed E-state index contributed by atoms with van der Waals surface area (Å²) in [5.41, 5.74) is 2.01. The summed E-state index contributed by atoms with van der Waals surface area (Å²) in [6.07, 6.45) is 0. The fourth-order valence-electron chi connectivity index (χ4n) is 3.11. The van der Waals surface area contributed by atoms with Gasteiger partial charge in [0.15, 0.2) is 0 Å². The van der Waals surface area contributed by atoms with Gasteiger partial charge in [-0.05, 0) is 50.1 Å². The number of benzene rings is 2.